The molecule has 1 amide bonds. The first-order valence-electron chi connectivity index (χ1n) is 10.4. The topological polar surface area (TPSA) is 96.0 Å². The van der Waals surface area contributed by atoms with Crippen molar-refractivity contribution >= 4 is 25.3 Å². The van der Waals surface area contributed by atoms with Crippen LogP contribution in [-0.2, 0) is 18.8 Å². The molecule has 1 fully saturated rings. The van der Waals surface area contributed by atoms with Crippen LogP contribution in [0.15, 0.2) is 23.7 Å². The van der Waals surface area contributed by atoms with Crippen LogP contribution in [0.1, 0.15) is 71.6 Å². The summed E-state index contributed by atoms with van der Waals surface area (Å²) in [4.78, 5) is 28.6. The van der Waals surface area contributed by atoms with Crippen molar-refractivity contribution in [3.63, 3.8) is 0 Å². The average molecular weight is 432 g/mol. The maximum atomic E-state index is 12.2. The fourth-order valence-electron chi connectivity index (χ4n) is 2.73. The van der Waals surface area contributed by atoms with E-state index in [1.54, 1.807) is 52.0 Å². The minimum atomic E-state index is -0.701. The lowest BCUT2D eigenvalue weighted by Gasteiger charge is -2.32. The highest BCUT2D eigenvalue weighted by atomic mass is 16.7. The van der Waals surface area contributed by atoms with Crippen LogP contribution in [0.2, 0.25) is 0 Å². The summed E-state index contributed by atoms with van der Waals surface area (Å²) in [5.74, 6) is -0.498. The van der Waals surface area contributed by atoms with Gasteiger partial charge in [-0.25, -0.2) is 14.6 Å². The number of aromatic nitrogens is 1. The van der Waals surface area contributed by atoms with Crippen molar-refractivity contribution < 1.29 is 28.4 Å². The molecular formula is C22H33BN2O6. The Hall–Kier alpha value is -2.39. The number of ether oxygens (including phenoxy) is 2. The molecule has 9 heteroatoms. The number of alkyl carbamates (subject to hydrolysis) is 1. The third-order valence-corrected chi connectivity index (χ3v) is 4.98. The van der Waals surface area contributed by atoms with Gasteiger partial charge in [-0.2, -0.15) is 0 Å². The van der Waals surface area contributed by atoms with Crippen molar-refractivity contribution in [3.8, 4) is 0 Å². The molecule has 2 heterocycles. The Bertz CT molecular complexity index is 829. The molecule has 1 aliphatic rings. The zero-order valence-electron chi connectivity index (χ0n) is 19.7. The van der Waals surface area contributed by atoms with E-state index in [2.05, 4.69) is 10.3 Å². The number of hydrogen-bond acceptors (Lipinski definition) is 7. The maximum Gasteiger partial charge on any atom is 0.492 e. The lowest BCUT2D eigenvalue weighted by atomic mass is 9.77. The first kappa shape index (κ1) is 24.9. The van der Waals surface area contributed by atoms with E-state index in [4.69, 9.17) is 18.8 Å². The molecule has 0 bridgehead atoms. The summed E-state index contributed by atoms with van der Waals surface area (Å²) < 4.78 is 22.6. The van der Waals surface area contributed by atoms with Crippen LogP contribution in [0, 0.1) is 0 Å². The highest BCUT2D eigenvalue weighted by molar-refractivity contribution is 6.56. The van der Waals surface area contributed by atoms with Crippen LogP contribution in [0.3, 0.4) is 0 Å². The molecule has 1 aromatic heterocycles. The average Bonchev–Trinajstić information content (AvgIpc) is 2.85. The molecule has 8 nitrogen and oxygen atoms in total. The number of pyridine rings is 1. The molecule has 0 unspecified atom stereocenters. The monoisotopic (exact) mass is 432 g/mol. The molecule has 31 heavy (non-hydrogen) atoms. The van der Waals surface area contributed by atoms with Crippen molar-refractivity contribution in [2.75, 3.05) is 13.2 Å². The predicted molar refractivity (Wildman–Crippen MR) is 118 cm³/mol. The number of rotatable bonds is 6. The Morgan fingerprint density at radius 1 is 1.16 bits per heavy atom. The van der Waals surface area contributed by atoms with Crippen LogP contribution in [0.4, 0.5) is 4.79 Å². The molecule has 0 spiro atoms. The normalized spacial score (nSPS) is 17.9. The van der Waals surface area contributed by atoms with E-state index in [-0.39, 0.29) is 18.8 Å². The molecule has 0 saturated carbocycles. The zero-order chi connectivity index (χ0) is 23.4. The van der Waals surface area contributed by atoms with Crippen LogP contribution < -0.4 is 5.32 Å². The standard InChI is InChI=1S/C22H33BN2O6/c1-9-28-18(26)17-12-10-11-16(25-17)13-15(14-24-19(27)29-20(2,3)4)23-30-21(5,6)22(7,8)31-23/h10-13H,9,14H2,1-8H3,(H,24,27). The molecule has 0 atom stereocenters. The molecule has 0 aromatic carbocycles. The largest absolute Gasteiger partial charge is 0.492 e. The molecule has 0 radical (unpaired) electrons. The molecule has 2 rings (SSSR count). The Labute approximate surface area is 184 Å². The van der Waals surface area contributed by atoms with Gasteiger partial charge in [0.1, 0.15) is 11.3 Å². The van der Waals surface area contributed by atoms with Gasteiger partial charge in [-0.15, -0.1) is 0 Å². The number of carbonyl (C=O) groups excluding carboxylic acids is 2. The Morgan fingerprint density at radius 2 is 1.77 bits per heavy atom. The van der Waals surface area contributed by atoms with E-state index < -0.39 is 36.0 Å². The third-order valence-electron chi connectivity index (χ3n) is 4.98. The molecule has 170 valence electrons. The van der Waals surface area contributed by atoms with Crippen LogP contribution in [-0.4, -0.2) is 54.1 Å². The van der Waals surface area contributed by atoms with Crippen LogP contribution in [0.5, 0.6) is 0 Å². The number of esters is 1. The van der Waals surface area contributed by atoms with Crippen LogP contribution >= 0.6 is 0 Å². The van der Waals surface area contributed by atoms with Gasteiger partial charge in [0, 0.05) is 6.54 Å². The second-order valence-electron chi connectivity index (χ2n) is 9.33. The maximum absolute atomic E-state index is 12.2. The molecular weight excluding hydrogens is 399 g/mol. The Morgan fingerprint density at radius 3 is 2.32 bits per heavy atom. The highest BCUT2D eigenvalue weighted by Gasteiger charge is 2.52. The highest BCUT2D eigenvalue weighted by Crippen LogP contribution is 2.38. The van der Waals surface area contributed by atoms with Gasteiger partial charge >= 0.3 is 19.2 Å². The SMILES string of the molecule is CCOC(=O)c1cccc(C=C(CNC(=O)OC(C)(C)C)B2OC(C)(C)C(C)(C)O2)n1. The number of nitrogens with zero attached hydrogens (tertiary/aromatic N) is 1. The van der Waals surface area contributed by atoms with Gasteiger partial charge < -0.3 is 24.1 Å². The van der Waals surface area contributed by atoms with Gasteiger partial charge in [0.2, 0.25) is 0 Å². The quantitative estimate of drug-likeness (QED) is 0.540. The fraction of sp³-hybridized carbons (Fsp3) is 0.591. The number of nitrogens with one attached hydrogen (secondary N) is 1. The van der Waals surface area contributed by atoms with Crippen LogP contribution in [0.25, 0.3) is 6.08 Å². The van der Waals surface area contributed by atoms with E-state index >= 15 is 0 Å². The van der Waals surface area contributed by atoms with Crippen molar-refractivity contribution in [2.24, 2.45) is 0 Å². The van der Waals surface area contributed by atoms with E-state index in [1.165, 1.54) is 0 Å². The summed E-state index contributed by atoms with van der Waals surface area (Å²) >= 11 is 0. The van der Waals surface area contributed by atoms with E-state index in [0.29, 0.717) is 11.2 Å². The van der Waals surface area contributed by atoms with Crippen molar-refractivity contribution in [2.45, 2.75) is 72.2 Å². The minimum Gasteiger partial charge on any atom is -0.461 e. The minimum absolute atomic E-state index is 0.122. The van der Waals surface area contributed by atoms with Crippen molar-refractivity contribution in [1.29, 1.82) is 0 Å². The molecule has 1 saturated heterocycles. The predicted octanol–water partition coefficient (Wildman–Crippen LogP) is 3.80. The first-order valence-corrected chi connectivity index (χ1v) is 10.4. The number of hydrogen-bond donors (Lipinski definition) is 1. The second-order valence-corrected chi connectivity index (χ2v) is 9.33. The van der Waals surface area contributed by atoms with Crippen molar-refractivity contribution in [3.05, 3.63) is 35.1 Å². The lowest BCUT2D eigenvalue weighted by Crippen LogP contribution is -2.41. The van der Waals surface area contributed by atoms with Gasteiger partial charge in [-0.3, -0.25) is 0 Å². The van der Waals surface area contributed by atoms with Crippen molar-refractivity contribution in [1.82, 2.24) is 10.3 Å². The number of carbonyl (C=O) groups is 2. The molecule has 1 aromatic rings. The van der Waals surface area contributed by atoms with Gasteiger partial charge in [0.05, 0.1) is 23.5 Å². The summed E-state index contributed by atoms with van der Waals surface area (Å²) in [5, 5.41) is 2.74. The Kier molecular flexibility index (Phi) is 7.55. The third kappa shape index (κ3) is 6.80. The second kappa shape index (κ2) is 9.40. The zero-order valence-corrected chi connectivity index (χ0v) is 19.7. The van der Waals surface area contributed by atoms with E-state index in [0.717, 1.165) is 0 Å². The smallest absolute Gasteiger partial charge is 0.461 e. The van der Waals surface area contributed by atoms with Gasteiger partial charge in [-0.1, -0.05) is 6.07 Å². The molecule has 1 N–H and O–H groups in total. The lowest BCUT2D eigenvalue weighted by molar-refractivity contribution is 0.00578. The summed E-state index contributed by atoms with van der Waals surface area (Å²) in [5.41, 5.74) is -0.372. The van der Waals surface area contributed by atoms with Gasteiger partial charge in [0.25, 0.3) is 0 Å². The molecule has 0 aliphatic carbocycles. The summed E-state index contributed by atoms with van der Waals surface area (Å²) in [6.45, 7) is 15.3. The van der Waals surface area contributed by atoms with E-state index in [1.807, 2.05) is 27.7 Å². The molecule has 1 aliphatic heterocycles. The van der Waals surface area contributed by atoms with Gasteiger partial charge in [-0.05, 0) is 79.1 Å². The van der Waals surface area contributed by atoms with E-state index in [9.17, 15) is 9.59 Å². The summed E-state index contributed by atoms with van der Waals surface area (Å²) in [6, 6.07) is 5.05. The fourth-order valence-corrected chi connectivity index (χ4v) is 2.73. The first-order chi connectivity index (χ1) is 14.2. The summed E-state index contributed by atoms with van der Waals surface area (Å²) in [7, 11) is -0.701. The summed E-state index contributed by atoms with van der Waals surface area (Å²) in [6.07, 6.45) is 1.19. The number of amides is 1. The van der Waals surface area contributed by atoms with Gasteiger partial charge in [0.15, 0.2) is 0 Å². The Balaban J connectivity index is 2.31.